The van der Waals surface area contributed by atoms with Gasteiger partial charge in [-0.15, -0.1) is 0 Å². The third-order valence-electron chi connectivity index (χ3n) is 4.52. The van der Waals surface area contributed by atoms with Crippen molar-refractivity contribution in [3.63, 3.8) is 0 Å². The first-order chi connectivity index (χ1) is 9.52. The lowest BCUT2D eigenvalue weighted by molar-refractivity contribution is -0.154. The molecule has 0 aromatic carbocycles. The van der Waals surface area contributed by atoms with E-state index in [9.17, 15) is 18.9 Å². The van der Waals surface area contributed by atoms with Crippen molar-refractivity contribution in [3.8, 4) is 0 Å². The maximum Gasteiger partial charge on any atom is 0.310 e. The second kappa shape index (κ2) is 6.70. The molecule has 114 valence electrons. The molecule has 1 heterocycles. The van der Waals surface area contributed by atoms with Gasteiger partial charge in [0.1, 0.15) is 0 Å². The zero-order chi connectivity index (χ0) is 14.6. The van der Waals surface area contributed by atoms with Gasteiger partial charge in [0.15, 0.2) is 0 Å². The molecule has 0 spiro atoms. The Morgan fingerprint density at radius 2 is 1.75 bits per heavy atom. The van der Waals surface area contributed by atoms with E-state index in [-0.39, 0.29) is 18.4 Å². The Kier molecular flexibility index (Phi) is 5.18. The van der Waals surface area contributed by atoms with Crippen LogP contribution < -0.4 is 5.32 Å². The summed E-state index contributed by atoms with van der Waals surface area (Å²) >= 11 is 0. The third kappa shape index (κ3) is 3.81. The Hall–Kier alpha value is -0.910. The van der Waals surface area contributed by atoms with E-state index in [2.05, 4.69) is 5.32 Å². The summed E-state index contributed by atoms with van der Waals surface area (Å²) in [5.41, 5.74) is -0.861. The molecule has 0 aromatic heterocycles. The fraction of sp³-hybridized carbons (Fsp3) is 0.857. The highest BCUT2D eigenvalue weighted by Crippen LogP contribution is 2.39. The smallest absolute Gasteiger partial charge is 0.310 e. The van der Waals surface area contributed by atoms with E-state index in [1.165, 1.54) is 0 Å². The van der Waals surface area contributed by atoms with Gasteiger partial charge < -0.3 is 10.4 Å². The predicted molar refractivity (Wildman–Crippen MR) is 76.8 cm³/mol. The Morgan fingerprint density at radius 1 is 1.15 bits per heavy atom. The molecule has 20 heavy (non-hydrogen) atoms. The van der Waals surface area contributed by atoms with Gasteiger partial charge in [-0.25, -0.2) is 0 Å². The lowest BCUT2D eigenvalue weighted by Gasteiger charge is -2.33. The molecule has 0 atom stereocenters. The predicted octanol–water partition coefficient (Wildman–Crippen LogP) is 1.44. The lowest BCUT2D eigenvalue weighted by Crippen LogP contribution is -2.44. The third-order valence-corrected chi connectivity index (χ3v) is 5.90. The molecule has 2 N–H and O–H groups in total. The van der Waals surface area contributed by atoms with E-state index in [0.717, 1.165) is 32.1 Å². The van der Waals surface area contributed by atoms with Gasteiger partial charge in [0, 0.05) is 34.8 Å². The maximum absolute atomic E-state index is 12.1. The minimum Gasteiger partial charge on any atom is -0.481 e. The van der Waals surface area contributed by atoms with Crippen molar-refractivity contribution in [1.29, 1.82) is 0 Å². The van der Waals surface area contributed by atoms with Crippen LogP contribution in [0.3, 0.4) is 0 Å². The van der Waals surface area contributed by atoms with Crippen LogP contribution in [-0.4, -0.2) is 38.7 Å². The average Bonchev–Trinajstić information content (AvgIpc) is 2.42. The summed E-state index contributed by atoms with van der Waals surface area (Å²) in [6.07, 6.45) is 5.60. The van der Waals surface area contributed by atoms with E-state index < -0.39 is 22.2 Å². The van der Waals surface area contributed by atoms with Crippen molar-refractivity contribution >= 4 is 22.7 Å². The highest BCUT2D eigenvalue weighted by Gasteiger charge is 2.41. The van der Waals surface area contributed by atoms with Gasteiger partial charge in [-0.05, 0) is 25.7 Å². The summed E-state index contributed by atoms with van der Waals surface area (Å²) in [7, 11) is -0.743. The van der Waals surface area contributed by atoms with Crippen LogP contribution in [0.25, 0.3) is 0 Å². The SMILES string of the molecule is O=C(CC1(C(=O)O)CCCCC1)NC1CCS(=O)CC1. The molecule has 6 heteroatoms. The van der Waals surface area contributed by atoms with E-state index in [1.807, 2.05) is 0 Å². The number of aliphatic carboxylic acids is 1. The van der Waals surface area contributed by atoms with Crippen molar-refractivity contribution in [2.45, 2.75) is 57.4 Å². The summed E-state index contributed by atoms with van der Waals surface area (Å²) in [5, 5.41) is 12.4. The van der Waals surface area contributed by atoms with E-state index in [0.29, 0.717) is 24.3 Å². The number of rotatable bonds is 4. The standard InChI is InChI=1S/C14H23NO4S/c16-12(15-11-4-8-20(19)9-5-11)10-14(13(17)18)6-2-1-3-7-14/h11H,1-10H2,(H,15,16)(H,17,18). The van der Waals surface area contributed by atoms with Gasteiger partial charge in [0.25, 0.3) is 0 Å². The fourth-order valence-electron chi connectivity index (χ4n) is 3.22. The number of carboxylic acid groups (broad SMARTS) is 1. The van der Waals surface area contributed by atoms with E-state index in [4.69, 9.17) is 0 Å². The van der Waals surface area contributed by atoms with Crippen LogP contribution in [-0.2, 0) is 20.4 Å². The van der Waals surface area contributed by atoms with Crippen LogP contribution in [0, 0.1) is 5.41 Å². The van der Waals surface area contributed by atoms with Crippen LogP contribution >= 0.6 is 0 Å². The molecule has 1 amide bonds. The van der Waals surface area contributed by atoms with Gasteiger partial charge >= 0.3 is 5.97 Å². The van der Waals surface area contributed by atoms with Gasteiger partial charge in [0.2, 0.25) is 5.91 Å². The summed E-state index contributed by atoms with van der Waals surface area (Å²) in [4.78, 5) is 23.6. The van der Waals surface area contributed by atoms with Crippen molar-refractivity contribution in [3.05, 3.63) is 0 Å². The number of hydrogen-bond acceptors (Lipinski definition) is 3. The van der Waals surface area contributed by atoms with Gasteiger partial charge in [-0.3, -0.25) is 13.8 Å². The molecule has 2 aliphatic rings. The van der Waals surface area contributed by atoms with Crippen molar-refractivity contribution in [2.75, 3.05) is 11.5 Å². The molecule has 1 aliphatic heterocycles. The fourth-order valence-corrected chi connectivity index (χ4v) is 4.52. The molecule has 0 aromatic rings. The van der Waals surface area contributed by atoms with Crippen molar-refractivity contribution in [1.82, 2.24) is 5.32 Å². The minimum absolute atomic E-state index is 0.0645. The van der Waals surface area contributed by atoms with Crippen LogP contribution in [0.5, 0.6) is 0 Å². The maximum atomic E-state index is 12.1. The lowest BCUT2D eigenvalue weighted by atomic mass is 9.71. The van der Waals surface area contributed by atoms with Gasteiger partial charge in [-0.1, -0.05) is 19.3 Å². The first kappa shape index (κ1) is 15.5. The first-order valence-corrected chi connectivity index (χ1v) is 8.88. The van der Waals surface area contributed by atoms with Crippen LogP contribution in [0.2, 0.25) is 0 Å². The van der Waals surface area contributed by atoms with Crippen LogP contribution in [0.4, 0.5) is 0 Å². The molecule has 1 saturated heterocycles. The number of carboxylic acids is 1. The Morgan fingerprint density at radius 3 is 2.30 bits per heavy atom. The monoisotopic (exact) mass is 301 g/mol. The van der Waals surface area contributed by atoms with E-state index >= 15 is 0 Å². The molecule has 0 unspecified atom stereocenters. The number of carbonyl (C=O) groups is 2. The summed E-state index contributed by atoms with van der Waals surface area (Å²) < 4.78 is 11.3. The summed E-state index contributed by atoms with van der Waals surface area (Å²) in [6, 6.07) is 0.0645. The molecule has 1 saturated carbocycles. The van der Waals surface area contributed by atoms with Crippen molar-refractivity contribution < 1.29 is 18.9 Å². The average molecular weight is 301 g/mol. The summed E-state index contributed by atoms with van der Waals surface area (Å²) in [5.74, 6) is 0.272. The second-order valence-electron chi connectivity index (χ2n) is 6.01. The Bertz CT molecular complexity index is 394. The van der Waals surface area contributed by atoms with Gasteiger partial charge in [0.05, 0.1) is 5.41 Å². The largest absolute Gasteiger partial charge is 0.481 e. The Balaban J connectivity index is 1.88. The van der Waals surface area contributed by atoms with Gasteiger partial charge in [-0.2, -0.15) is 0 Å². The number of amides is 1. The van der Waals surface area contributed by atoms with Crippen LogP contribution in [0.1, 0.15) is 51.4 Å². The molecular weight excluding hydrogens is 278 g/mol. The normalized spacial score (nSPS) is 29.6. The molecule has 5 nitrogen and oxygen atoms in total. The highest BCUT2D eigenvalue weighted by molar-refractivity contribution is 7.85. The second-order valence-corrected chi connectivity index (χ2v) is 7.71. The van der Waals surface area contributed by atoms with Crippen LogP contribution in [0.15, 0.2) is 0 Å². The Labute approximate surface area is 122 Å². The highest BCUT2D eigenvalue weighted by atomic mass is 32.2. The first-order valence-electron chi connectivity index (χ1n) is 7.40. The summed E-state index contributed by atoms with van der Waals surface area (Å²) in [6.45, 7) is 0. The molecule has 2 fully saturated rings. The zero-order valence-electron chi connectivity index (χ0n) is 11.7. The number of nitrogens with one attached hydrogen (secondary N) is 1. The number of carbonyl (C=O) groups excluding carboxylic acids is 1. The molecule has 0 radical (unpaired) electrons. The molecule has 0 bridgehead atoms. The molecule has 2 rings (SSSR count). The number of hydrogen-bond donors (Lipinski definition) is 2. The molecule has 1 aliphatic carbocycles. The quantitative estimate of drug-likeness (QED) is 0.823. The molecular formula is C14H23NO4S. The minimum atomic E-state index is -0.861. The van der Waals surface area contributed by atoms with Crippen molar-refractivity contribution in [2.24, 2.45) is 5.41 Å². The zero-order valence-corrected chi connectivity index (χ0v) is 12.5. The topological polar surface area (TPSA) is 83.5 Å². The van der Waals surface area contributed by atoms with E-state index in [1.54, 1.807) is 0 Å².